The van der Waals surface area contributed by atoms with Gasteiger partial charge in [-0.05, 0) is 12.1 Å². The monoisotopic (exact) mass is 245 g/mol. The Morgan fingerprint density at radius 1 is 0.944 bits per heavy atom. The van der Waals surface area contributed by atoms with Gasteiger partial charge in [0.05, 0.1) is 11.1 Å². The van der Waals surface area contributed by atoms with Crippen molar-refractivity contribution in [2.45, 2.75) is 0 Å². The number of aromatic nitrogens is 1. The average molecular weight is 245 g/mol. The zero-order valence-corrected chi connectivity index (χ0v) is 8.91. The summed E-state index contributed by atoms with van der Waals surface area (Å²) in [5, 5.41) is 0. The Bertz CT molecular complexity index is 710. The molecule has 0 bridgehead atoms. The Balaban J connectivity index is 2.37. The van der Waals surface area contributed by atoms with Gasteiger partial charge < -0.3 is 0 Å². The predicted octanol–water partition coefficient (Wildman–Crippen LogP) is 2.14. The first-order valence-corrected chi connectivity index (χ1v) is 5.12. The molecule has 0 N–H and O–H groups in total. The number of benzene rings is 1. The second-order valence-corrected chi connectivity index (χ2v) is 3.89. The SMILES string of the molecule is O=C1c2cnccc2C(=O)c2c(F)cc(F)cc21. The fraction of sp³-hybridized carbons (Fsp3) is 0. The maximum atomic E-state index is 13.6. The molecule has 3 rings (SSSR count). The highest BCUT2D eigenvalue weighted by atomic mass is 19.1. The number of ketones is 2. The van der Waals surface area contributed by atoms with Crippen molar-refractivity contribution in [2.75, 3.05) is 0 Å². The van der Waals surface area contributed by atoms with Gasteiger partial charge in [0.2, 0.25) is 0 Å². The van der Waals surface area contributed by atoms with Crippen molar-refractivity contribution < 1.29 is 18.4 Å². The zero-order chi connectivity index (χ0) is 12.9. The van der Waals surface area contributed by atoms with Crippen LogP contribution in [0, 0.1) is 11.6 Å². The third kappa shape index (κ3) is 1.30. The third-order valence-corrected chi connectivity index (χ3v) is 2.84. The Kier molecular flexibility index (Phi) is 2.10. The van der Waals surface area contributed by atoms with Gasteiger partial charge in [-0.15, -0.1) is 0 Å². The van der Waals surface area contributed by atoms with E-state index in [1.165, 1.54) is 18.5 Å². The Morgan fingerprint density at radius 3 is 2.50 bits per heavy atom. The normalized spacial score (nSPS) is 13.2. The molecule has 1 aliphatic carbocycles. The molecule has 0 fully saturated rings. The lowest BCUT2D eigenvalue weighted by molar-refractivity contribution is 0.0975. The van der Waals surface area contributed by atoms with Crippen LogP contribution in [0.3, 0.4) is 0 Å². The van der Waals surface area contributed by atoms with Crippen LogP contribution >= 0.6 is 0 Å². The van der Waals surface area contributed by atoms with Crippen molar-refractivity contribution in [2.24, 2.45) is 0 Å². The molecule has 0 aliphatic heterocycles. The number of nitrogens with zero attached hydrogens (tertiary/aromatic N) is 1. The lowest BCUT2D eigenvalue weighted by Gasteiger charge is -2.17. The molecule has 18 heavy (non-hydrogen) atoms. The quantitative estimate of drug-likeness (QED) is 0.609. The van der Waals surface area contributed by atoms with Crippen LogP contribution < -0.4 is 0 Å². The summed E-state index contributed by atoms with van der Waals surface area (Å²) in [6, 6.07) is 2.81. The van der Waals surface area contributed by atoms with Gasteiger partial charge in [0.15, 0.2) is 11.6 Å². The summed E-state index contributed by atoms with van der Waals surface area (Å²) in [6.07, 6.45) is 2.57. The van der Waals surface area contributed by atoms with E-state index in [2.05, 4.69) is 4.98 Å². The van der Waals surface area contributed by atoms with Crippen molar-refractivity contribution in [3.63, 3.8) is 0 Å². The summed E-state index contributed by atoms with van der Waals surface area (Å²) in [7, 11) is 0. The van der Waals surface area contributed by atoms with Crippen molar-refractivity contribution in [3.8, 4) is 0 Å². The lowest BCUT2D eigenvalue weighted by atomic mass is 9.85. The van der Waals surface area contributed by atoms with Crippen LogP contribution in [-0.2, 0) is 0 Å². The van der Waals surface area contributed by atoms with Crippen LogP contribution in [0.15, 0.2) is 30.6 Å². The van der Waals surface area contributed by atoms with E-state index in [-0.39, 0.29) is 22.3 Å². The van der Waals surface area contributed by atoms with E-state index in [0.717, 1.165) is 6.07 Å². The number of carbonyl (C=O) groups excluding carboxylic acids is 2. The predicted molar refractivity (Wildman–Crippen MR) is 57.5 cm³/mol. The molecule has 0 atom stereocenters. The molecule has 2 aromatic rings. The highest BCUT2D eigenvalue weighted by molar-refractivity contribution is 6.28. The van der Waals surface area contributed by atoms with Crippen LogP contribution in [0.25, 0.3) is 0 Å². The summed E-state index contributed by atoms with van der Waals surface area (Å²) in [5.74, 6) is -3.13. The second-order valence-electron chi connectivity index (χ2n) is 3.89. The minimum atomic E-state index is -1.02. The van der Waals surface area contributed by atoms with Gasteiger partial charge in [0, 0.05) is 29.6 Å². The smallest absolute Gasteiger partial charge is 0.197 e. The highest BCUT2D eigenvalue weighted by Crippen LogP contribution is 2.28. The molecular weight excluding hydrogens is 240 g/mol. The first kappa shape index (κ1) is 10.7. The first-order chi connectivity index (χ1) is 8.59. The van der Waals surface area contributed by atoms with Crippen molar-refractivity contribution in [1.29, 1.82) is 0 Å². The van der Waals surface area contributed by atoms with Gasteiger partial charge in [-0.2, -0.15) is 0 Å². The number of halogens is 2. The summed E-state index contributed by atoms with van der Waals surface area (Å²) in [6.45, 7) is 0. The zero-order valence-electron chi connectivity index (χ0n) is 8.91. The van der Waals surface area contributed by atoms with Crippen molar-refractivity contribution in [1.82, 2.24) is 4.98 Å². The molecule has 0 saturated heterocycles. The molecular formula is C13H5F2NO2. The van der Waals surface area contributed by atoms with Crippen LogP contribution in [-0.4, -0.2) is 16.6 Å². The lowest BCUT2D eigenvalue weighted by Crippen LogP contribution is -2.22. The molecule has 1 aromatic carbocycles. The third-order valence-electron chi connectivity index (χ3n) is 2.84. The fourth-order valence-corrected chi connectivity index (χ4v) is 2.04. The van der Waals surface area contributed by atoms with Crippen LogP contribution in [0.4, 0.5) is 8.78 Å². The number of hydrogen-bond donors (Lipinski definition) is 0. The fourth-order valence-electron chi connectivity index (χ4n) is 2.04. The van der Waals surface area contributed by atoms with E-state index in [9.17, 15) is 18.4 Å². The maximum absolute atomic E-state index is 13.6. The average Bonchev–Trinajstić information content (AvgIpc) is 2.35. The topological polar surface area (TPSA) is 47.0 Å². The number of pyridine rings is 1. The van der Waals surface area contributed by atoms with Crippen molar-refractivity contribution >= 4 is 11.6 Å². The molecule has 0 amide bonds. The molecule has 0 saturated carbocycles. The summed E-state index contributed by atoms with van der Waals surface area (Å²) in [5.41, 5.74) is -0.467. The molecule has 5 heteroatoms. The molecule has 0 radical (unpaired) electrons. The van der Waals surface area contributed by atoms with Gasteiger partial charge in [0.25, 0.3) is 0 Å². The number of fused-ring (bicyclic) bond motifs is 2. The van der Waals surface area contributed by atoms with E-state index in [0.29, 0.717) is 6.07 Å². The maximum Gasteiger partial charge on any atom is 0.197 e. The Labute approximate surface area is 100 Å². The number of hydrogen-bond acceptors (Lipinski definition) is 3. The Morgan fingerprint density at radius 2 is 1.72 bits per heavy atom. The van der Waals surface area contributed by atoms with Gasteiger partial charge in [-0.3, -0.25) is 14.6 Å². The van der Waals surface area contributed by atoms with E-state index < -0.39 is 23.2 Å². The van der Waals surface area contributed by atoms with Gasteiger partial charge in [-0.25, -0.2) is 8.78 Å². The number of carbonyl (C=O) groups is 2. The minimum absolute atomic E-state index is 0.0694. The second kappa shape index (κ2) is 3.53. The largest absolute Gasteiger partial charge is 0.288 e. The highest BCUT2D eigenvalue weighted by Gasteiger charge is 2.32. The number of rotatable bonds is 0. The first-order valence-electron chi connectivity index (χ1n) is 5.12. The standard InChI is InChI=1S/C13H5F2NO2/c14-6-3-8-11(10(15)4-6)13(18)7-1-2-16-5-9(7)12(8)17/h1-5H. The van der Waals surface area contributed by atoms with Gasteiger partial charge in [-0.1, -0.05) is 0 Å². The molecule has 1 aliphatic rings. The van der Waals surface area contributed by atoms with E-state index >= 15 is 0 Å². The van der Waals surface area contributed by atoms with E-state index in [1.54, 1.807) is 0 Å². The summed E-state index contributed by atoms with van der Waals surface area (Å²) < 4.78 is 26.7. The minimum Gasteiger partial charge on any atom is -0.288 e. The van der Waals surface area contributed by atoms with Crippen LogP contribution in [0.1, 0.15) is 31.8 Å². The molecule has 1 heterocycles. The van der Waals surface area contributed by atoms with E-state index in [1.807, 2.05) is 0 Å². The molecule has 88 valence electrons. The van der Waals surface area contributed by atoms with Gasteiger partial charge >= 0.3 is 0 Å². The molecule has 0 unspecified atom stereocenters. The molecule has 0 spiro atoms. The summed E-state index contributed by atoms with van der Waals surface area (Å²) >= 11 is 0. The van der Waals surface area contributed by atoms with Gasteiger partial charge in [0.1, 0.15) is 11.6 Å². The Hall–Kier alpha value is -2.43. The summed E-state index contributed by atoms with van der Waals surface area (Å²) in [4.78, 5) is 27.8. The molecule has 3 nitrogen and oxygen atoms in total. The van der Waals surface area contributed by atoms with E-state index in [4.69, 9.17) is 0 Å². The molecule has 1 aromatic heterocycles. The van der Waals surface area contributed by atoms with Crippen LogP contribution in [0.5, 0.6) is 0 Å². The van der Waals surface area contributed by atoms with Crippen molar-refractivity contribution in [3.05, 3.63) is 64.5 Å². The van der Waals surface area contributed by atoms with Crippen LogP contribution in [0.2, 0.25) is 0 Å².